The number of hydrogen-bond acceptors (Lipinski definition) is 16. The molecule has 0 aliphatic carbocycles. The van der Waals surface area contributed by atoms with E-state index in [4.69, 9.17) is 10.2 Å². The van der Waals surface area contributed by atoms with Crippen LogP contribution in [0.5, 0.6) is 0 Å². The molecule has 19 heteroatoms. The maximum Gasteiger partial charge on any atom is 2.00 e. The molecular weight excluding hydrogens is 469 g/mol. The molecule has 0 atom stereocenters. The Morgan fingerprint density at radius 3 is 0.710 bits per heavy atom. The van der Waals surface area contributed by atoms with E-state index in [2.05, 4.69) is 11.7 Å². The van der Waals surface area contributed by atoms with E-state index in [0.717, 1.165) is 0 Å². The average Bonchev–Trinajstić information content (AvgIpc) is 2.46. The number of carbonyl (C=O) groups is 6. The van der Waals surface area contributed by atoms with Crippen LogP contribution < -0.4 is 42.3 Å². The Balaban J connectivity index is -0.0000000855. The largest absolute Gasteiger partial charge is 2.00 e. The van der Waals surface area contributed by atoms with Gasteiger partial charge in [-0.15, -0.1) is 0 Å². The molecule has 0 saturated carbocycles. The molecule has 0 amide bonds. The summed E-state index contributed by atoms with van der Waals surface area (Å²) in [6.45, 7) is 0. The Kier molecular flexibility index (Phi) is 29.4. The van der Waals surface area contributed by atoms with Crippen molar-refractivity contribution in [3.63, 3.8) is 0 Å². The van der Waals surface area contributed by atoms with Crippen molar-refractivity contribution >= 4 is 105 Å². The molecule has 31 heavy (non-hydrogen) atoms. The van der Waals surface area contributed by atoms with Crippen LogP contribution in [-0.2, 0) is 28.8 Å². The second-order valence-corrected chi connectivity index (χ2v) is 4.83. The summed E-state index contributed by atoms with van der Waals surface area (Å²) in [7, 11) is 0. The molecule has 6 N–H and O–H groups in total. The summed E-state index contributed by atoms with van der Waals surface area (Å²) in [6, 6.07) is 0. The first-order valence-electron chi connectivity index (χ1n) is 6.56. The third-order valence-electron chi connectivity index (χ3n) is 2.51. The van der Waals surface area contributed by atoms with Gasteiger partial charge in [-0.25, -0.2) is 0 Å². The fourth-order valence-corrected chi connectivity index (χ4v) is 1.37. The van der Waals surface area contributed by atoms with Gasteiger partial charge in [-0.2, -0.15) is 0 Å². The van der Waals surface area contributed by atoms with E-state index in [1.54, 1.807) is 0 Å². The Bertz CT molecular complexity index is 531. The molecule has 0 aromatic carbocycles. The van der Waals surface area contributed by atoms with Gasteiger partial charge in [0.15, 0.2) is 0 Å². The predicted octanol–water partition coefficient (Wildman–Crippen LogP) is -12.8. The molecule has 0 aromatic heterocycles. The molecule has 0 spiro atoms. The van der Waals surface area contributed by atoms with E-state index in [1.807, 2.05) is 0 Å². The topological polar surface area (TPSA) is 333 Å². The van der Waals surface area contributed by atoms with Gasteiger partial charge in [0.2, 0.25) is 0 Å². The van der Waals surface area contributed by atoms with Crippen molar-refractivity contribution in [2.75, 3.05) is 0 Å². The summed E-state index contributed by atoms with van der Waals surface area (Å²) in [5, 5.41) is 77.9. The smallest absolute Gasteiger partial charge is 0.550 e. The van der Waals surface area contributed by atoms with Crippen molar-refractivity contribution < 1.29 is 69.6 Å². The number of aliphatic hydroxyl groups is 2. The van der Waals surface area contributed by atoms with Gasteiger partial charge >= 0.3 is 69.2 Å². The number of carboxylic acid groups (broad SMARTS) is 6. The Morgan fingerprint density at radius 1 is 0.516 bits per heavy atom. The summed E-state index contributed by atoms with van der Waals surface area (Å²) in [4.78, 5) is 60.0. The van der Waals surface area contributed by atoms with Crippen molar-refractivity contribution in [3.05, 3.63) is 0 Å². The van der Waals surface area contributed by atoms with E-state index in [-0.39, 0.29) is 69.2 Å². The van der Waals surface area contributed by atoms with Crippen LogP contribution in [0.1, 0.15) is 25.7 Å². The monoisotopic (exact) mass is 482 g/mol. The van der Waals surface area contributed by atoms with Crippen LogP contribution in [0.3, 0.4) is 0 Å². The van der Waals surface area contributed by atoms with Crippen LogP contribution in [0.2, 0.25) is 0 Å². The zero-order chi connectivity index (χ0) is 23.3. The van der Waals surface area contributed by atoms with Crippen molar-refractivity contribution in [2.45, 2.75) is 36.9 Å². The standard InChI is InChI=1S/2C6H8O7.3Mg.H4N2/c2*7-3(8)1-6(13,5(11)12)2-4(9)10;;;;1-2/h2*13H,1-2H2,(H,7,8)(H,9,10)(H,11,12);;;;1-2H2/q;;3*+2;/p-6. The van der Waals surface area contributed by atoms with Gasteiger partial charge in [-0.3, -0.25) is 11.7 Å². The fraction of sp³-hybridized carbons (Fsp3) is 0.500. The predicted molar refractivity (Wildman–Crippen MR) is 84.0 cm³/mol. The molecule has 0 heterocycles. The van der Waals surface area contributed by atoms with Gasteiger partial charge < -0.3 is 69.6 Å². The fourth-order valence-electron chi connectivity index (χ4n) is 1.37. The van der Waals surface area contributed by atoms with Crippen molar-refractivity contribution in [3.8, 4) is 0 Å². The second-order valence-electron chi connectivity index (χ2n) is 4.83. The van der Waals surface area contributed by atoms with Gasteiger partial charge in [-0.05, 0) is 0 Å². The molecule has 162 valence electrons. The number of hydrogen-bond donors (Lipinski definition) is 4. The SMILES string of the molecule is NN.O=C([O-])CC(O)(CC(=O)[O-])C(=O)[O-].O=C([O-])CC(O)(CC(=O)[O-])C(=O)[O-].[Mg+2].[Mg+2].[Mg+2]. The number of rotatable bonds is 10. The summed E-state index contributed by atoms with van der Waals surface area (Å²) < 4.78 is 0. The zero-order valence-corrected chi connectivity index (χ0v) is 20.1. The van der Waals surface area contributed by atoms with Gasteiger partial charge in [0, 0.05) is 49.6 Å². The van der Waals surface area contributed by atoms with Crippen LogP contribution in [0.4, 0.5) is 0 Å². The molecular formula is C12H14Mg3N2O14. The summed E-state index contributed by atoms with van der Waals surface area (Å²) in [5.41, 5.74) is -5.95. The number of nitrogens with two attached hydrogens (primary N) is 2. The minimum atomic E-state index is -2.97. The minimum Gasteiger partial charge on any atom is -0.550 e. The Morgan fingerprint density at radius 2 is 0.645 bits per heavy atom. The van der Waals surface area contributed by atoms with Crippen LogP contribution in [0.15, 0.2) is 0 Å². The maximum atomic E-state index is 10.1. The van der Waals surface area contributed by atoms with Crippen molar-refractivity contribution in [1.82, 2.24) is 0 Å². The van der Waals surface area contributed by atoms with E-state index in [0.29, 0.717) is 0 Å². The third kappa shape index (κ3) is 22.0. The summed E-state index contributed by atoms with van der Waals surface area (Å²) in [5.74, 6) is -3.97. The van der Waals surface area contributed by atoms with Gasteiger partial charge in [0.1, 0.15) is 11.2 Å². The molecule has 0 bridgehead atoms. The first-order valence-corrected chi connectivity index (χ1v) is 6.56. The van der Waals surface area contributed by atoms with Crippen LogP contribution in [0.25, 0.3) is 0 Å². The van der Waals surface area contributed by atoms with Crippen LogP contribution in [-0.4, -0.2) is 126 Å². The molecule has 0 fully saturated rings. The van der Waals surface area contributed by atoms with Crippen molar-refractivity contribution in [2.24, 2.45) is 11.7 Å². The first-order chi connectivity index (χ1) is 12.6. The average molecular weight is 483 g/mol. The molecule has 0 saturated heterocycles. The quantitative estimate of drug-likeness (QED) is 0.127. The molecule has 0 unspecified atom stereocenters. The number of carboxylic acids is 6. The number of carbonyl (C=O) groups excluding carboxylic acids is 6. The van der Waals surface area contributed by atoms with E-state index < -0.39 is 72.7 Å². The van der Waals surface area contributed by atoms with Gasteiger partial charge in [-0.1, -0.05) is 0 Å². The normalized spacial score (nSPS) is 9.29. The number of hydrazine groups is 1. The molecule has 0 aromatic rings. The maximum absolute atomic E-state index is 10.1. The van der Waals surface area contributed by atoms with Crippen LogP contribution >= 0.6 is 0 Å². The summed E-state index contributed by atoms with van der Waals surface area (Å²) >= 11 is 0. The third-order valence-corrected chi connectivity index (χ3v) is 2.51. The summed E-state index contributed by atoms with van der Waals surface area (Å²) in [6.07, 6.45) is -5.43. The van der Waals surface area contributed by atoms with E-state index in [9.17, 15) is 59.4 Å². The van der Waals surface area contributed by atoms with E-state index in [1.165, 1.54) is 0 Å². The Labute approximate surface area is 222 Å². The zero-order valence-electron chi connectivity index (χ0n) is 15.9. The molecule has 0 aliphatic rings. The second kappa shape index (κ2) is 20.8. The first kappa shape index (κ1) is 43.8. The molecule has 0 aliphatic heterocycles. The van der Waals surface area contributed by atoms with Gasteiger partial charge in [0.05, 0.1) is 11.9 Å². The Hall–Kier alpha value is -1.04. The molecule has 0 radical (unpaired) electrons. The van der Waals surface area contributed by atoms with Crippen molar-refractivity contribution in [1.29, 1.82) is 0 Å². The van der Waals surface area contributed by atoms with Gasteiger partial charge in [0.25, 0.3) is 0 Å². The minimum absolute atomic E-state index is 0. The molecule has 0 rings (SSSR count). The molecule has 16 nitrogen and oxygen atoms in total. The van der Waals surface area contributed by atoms with Crippen LogP contribution in [0, 0.1) is 0 Å². The number of aliphatic carboxylic acids is 6. The van der Waals surface area contributed by atoms with E-state index >= 15 is 0 Å².